The third-order valence-electron chi connectivity index (χ3n) is 3.64. The van der Waals surface area contributed by atoms with E-state index in [4.69, 9.17) is 5.73 Å². The fraction of sp³-hybridized carbons (Fsp3) is 0.692. The van der Waals surface area contributed by atoms with Gasteiger partial charge in [-0.15, -0.1) is 0 Å². The van der Waals surface area contributed by atoms with E-state index in [1.54, 1.807) is 0 Å². The van der Waals surface area contributed by atoms with Crippen LogP contribution in [0.3, 0.4) is 0 Å². The molecule has 100 valence electrons. The first kappa shape index (κ1) is 12.9. The summed E-state index contributed by atoms with van der Waals surface area (Å²) in [4.78, 5) is 10.9. The van der Waals surface area contributed by atoms with Crippen molar-refractivity contribution in [3.8, 4) is 0 Å². The van der Waals surface area contributed by atoms with Gasteiger partial charge in [-0.3, -0.25) is 0 Å². The van der Waals surface area contributed by atoms with Gasteiger partial charge in [-0.2, -0.15) is 9.97 Å². The highest BCUT2D eigenvalue weighted by molar-refractivity contribution is 5.52. The highest BCUT2D eigenvalue weighted by Gasteiger charge is 2.21. The Hall–Kier alpha value is -1.52. The predicted molar refractivity (Wildman–Crippen MR) is 75.9 cm³/mol. The molecule has 1 heterocycles. The maximum absolute atomic E-state index is 5.77. The molecule has 0 bridgehead atoms. The fourth-order valence-electron chi connectivity index (χ4n) is 2.73. The normalized spacial score (nSPS) is 16.6. The van der Waals surface area contributed by atoms with Gasteiger partial charge in [0.15, 0.2) is 0 Å². The molecule has 0 unspecified atom stereocenters. The predicted octanol–water partition coefficient (Wildman–Crippen LogP) is 2.26. The van der Waals surface area contributed by atoms with Gasteiger partial charge in [-0.05, 0) is 19.8 Å². The Morgan fingerprint density at radius 1 is 1.33 bits per heavy atom. The molecule has 1 saturated carbocycles. The zero-order valence-electron chi connectivity index (χ0n) is 11.3. The highest BCUT2D eigenvalue weighted by atomic mass is 15.2. The van der Waals surface area contributed by atoms with Crippen LogP contribution < -0.4 is 16.0 Å². The van der Waals surface area contributed by atoms with Gasteiger partial charge in [0, 0.05) is 25.7 Å². The van der Waals surface area contributed by atoms with Gasteiger partial charge >= 0.3 is 0 Å². The van der Waals surface area contributed by atoms with Crippen LogP contribution in [0.15, 0.2) is 6.07 Å². The van der Waals surface area contributed by atoms with E-state index in [-0.39, 0.29) is 0 Å². The second-order valence-electron chi connectivity index (χ2n) is 4.80. The lowest BCUT2D eigenvalue weighted by molar-refractivity contribution is 0.416. The van der Waals surface area contributed by atoms with E-state index in [0.717, 1.165) is 18.2 Å². The smallest absolute Gasteiger partial charge is 0.223 e. The van der Waals surface area contributed by atoms with Crippen LogP contribution >= 0.6 is 0 Å². The van der Waals surface area contributed by atoms with Crippen LogP contribution in [-0.2, 0) is 0 Å². The molecule has 1 aromatic heterocycles. The van der Waals surface area contributed by atoms with Crippen molar-refractivity contribution in [1.29, 1.82) is 0 Å². The van der Waals surface area contributed by atoms with Crippen LogP contribution in [0.5, 0.6) is 0 Å². The highest BCUT2D eigenvalue weighted by Crippen LogP contribution is 2.27. The van der Waals surface area contributed by atoms with Crippen molar-refractivity contribution in [1.82, 2.24) is 9.97 Å². The van der Waals surface area contributed by atoms with E-state index in [9.17, 15) is 0 Å². The monoisotopic (exact) mass is 249 g/mol. The van der Waals surface area contributed by atoms with Crippen molar-refractivity contribution in [2.45, 2.75) is 45.1 Å². The third kappa shape index (κ3) is 2.83. The average molecular weight is 249 g/mol. The number of nitrogens with zero attached hydrogens (tertiary/aromatic N) is 3. The number of nitrogen functional groups attached to an aromatic ring is 1. The second kappa shape index (κ2) is 5.89. The first-order valence-electron chi connectivity index (χ1n) is 6.83. The van der Waals surface area contributed by atoms with E-state index in [0.29, 0.717) is 12.0 Å². The molecule has 0 radical (unpaired) electrons. The first-order chi connectivity index (χ1) is 8.74. The van der Waals surface area contributed by atoms with Crippen LogP contribution in [0.1, 0.15) is 39.0 Å². The number of rotatable bonds is 4. The van der Waals surface area contributed by atoms with Crippen LogP contribution in [0, 0.1) is 0 Å². The molecule has 1 fully saturated rings. The van der Waals surface area contributed by atoms with Crippen molar-refractivity contribution in [2.24, 2.45) is 0 Å². The first-order valence-corrected chi connectivity index (χ1v) is 6.83. The van der Waals surface area contributed by atoms with Gasteiger partial charge in [0.05, 0.1) is 0 Å². The molecule has 5 nitrogen and oxygen atoms in total. The van der Waals surface area contributed by atoms with Gasteiger partial charge in [-0.1, -0.05) is 19.3 Å². The molecule has 0 aromatic carbocycles. The molecule has 18 heavy (non-hydrogen) atoms. The van der Waals surface area contributed by atoms with Crippen LogP contribution in [0.4, 0.5) is 17.6 Å². The Labute approximate surface area is 109 Å². The summed E-state index contributed by atoms with van der Waals surface area (Å²) in [6.07, 6.45) is 6.52. The Kier molecular flexibility index (Phi) is 4.23. The van der Waals surface area contributed by atoms with Crippen molar-refractivity contribution in [2.75, 3.05) is 29.5 Å². The van der Waals surface area contributed by atoms with Gasteiger partial charge in [0.1, 0.15) is 11.6 Å². The lowest BCUT2D eigenvalue weighted by Crippen LogP contribution is -2.37. The molecule has 1 aromatic rings. The quantitative estimate of drug-likeness (QED) is 0.856. The molecule has 0 amide bonds. The summed E-state index contributed by atoms with van der Waals surface area (Å²) in [5.74, 6) is 2.07. The van der Waals surface area contributed by atoms with Gasteiger partial charge < -0.3 is 16.0 Å². The molecule has 0 aliphatic heterocycles. The van der Waals surface area contributed by atoms with Gasteiger partial charge in [-0.25, -0.2) is 0 Å². The summed E-state index contributed by atoms with van der Waals surface area (Å²) >= 11 is 0. The Morgan fingerprint density at radius 3 is 2.67 bits per heavy atom. The topological polar surface area (TPSA) is 67.1 Å². The SMILES string of the molecule is CCN(c1cc(NC)nc(N)n1)C1CCCCC1. The summed E-state index contributed by atoms with van der Waals surface area (Å²) in [5, 5.41) is 3.03. The van der Waals surface area contributed by atoms with Crippen molar-refractivity contribution in [3.63, 3.8) is 0 Å². The molecule has 5 heteroatoms. The largest absolute Gasteiger partial charge is 0.373 e. The number of aromatic nitrogens is 2. The zero-order chi connectivity index (χ0) is 13.0. The van der Waals surface area contributed by atoms with Gasteiger partial charge in [0.25, 0.3) is 0 Å². The summed E-state index contributed by atoms with van der Waals surface area (Å²) in [6, 6.07) is 2.58. The number of nitrogens with two attached hydrogens (primary N) is 1. The number of hydrogen-bond acceptors (Lipinski definition) is 5. The van der Waals surface area contributed by atoms with Crippen molar-refractivity contribution >= 4 is 17.6 Å². The Morgan fingerprint density at radius 2 is 2.06 bits per heavy atom. The summed E-state index contributed by atoms with van der Waals surface area (Å²) in [7, 11) is 1.85. The lowest BCUT2D eigenvalue weighted by Gasteiger charge is -2.34. The molecule has 1 aliphatic carbocycles. The maximum Gasteiger partial charge on any atom is 0.223 e. The Bertz CT molecular complexity index is 387. The number of nitrogens with one attached hydrogen (secondary N) is 1. The maximum atomic E-state index is 5.77. The molecule has 0 saturated heterocycles. The van der Waals surface area contributed by atoms with E-state index < -0.39 is 0 Å². The number of hydrogen-bond donors (Lipinski definition) is 2. The van der Waals surface area contributed by atoms with Gasteiger partial charge in [0.2, 0.25) is 5.95 Å². The minimum absolute atomic E-state index is 0.339. The minimum Gasteiger partial charge on any atom is -0.373 e. The zero-order valence-corrected chi connectivity index (χ0v) is 11.3. The summed E-state index contributed by atoms with van der Waals surface area (Å²) < 4.78 is 0. The second-order valence-corrected chi connectivity index (χ2v) is 4.80. The fourth-order valence-corrected chi connectivity index (χ4v) is 2.73. The Balaban J connectivity index is 2.22. The van der Waals surface area contributed by atoms with E-state index in [1.807, 2.05) is 13.1 Å². The minimum atomic E-state index is 0.339. The van der Waals surface area contributed by atoms with Crippen LogP contribution in [0.25, 0.3) is 0 Å². The number of anilines is 3. The molecular formula is C13H23N5. The van der Waals surface area contributed by atoms with E-state index in [1.165, 1.54) is 32.1 Å². The molecule has 0 spiro atoms. The van der Waals surface area contributed by atoms with Crippen LogP contribution in [-0.4, -0.2) is 29.6 Å². The lowest BCUT2D eigenvalue weighted by atomic mass is 9.94. The summed E-state index contributed by atoms with van der Waals surface area (Å²) in [6.45, 7) is 3.14. The van der Waals surface area contributed by atoms with Crippen molar-refractivity contribution < 1.29 is 0 Å². The average Bonchev–Trinajstić information content (AvgIpc) is 2.40. The van der Waals surface area contributed by atoms with E-state index in [2.05, 4.69) is 27.1 Å². The van der Waals surface area contributed by atoms with Crippen LogP contribution in [0.2, 0.25) is 0 Å². The van der Waals surface area contributed by atoms with E-state index >= 15 is 0 Å². The molecule has 0 atom stereocenters. The standard InChI is InChI=1S/C13H23N5/c1-3-18(10-7-5-4-6-8-10)12-9-11(15-2)16-13(14)17-12/h9-10H,3-8H2,1-2H3,(H3,14,15,16,17). The summed E-state index contributed by atoms with van der Waals surface area (Å²) in [5.41, 5.74) is 5.77. The molecule has 3 N–H and O–H groups in total. The molecular weight excluding hydrogens is 226 g/mol. The third-order valence-corrected chi connectivity index (χ3v) is 3.64. The molecule has 1 aliphatic rings. The molecule has 2 rings (SSSR count). The van der Waals surface area contributed by atoms with Crippen molar-refractivity contribution in [3.05, 3.63) is 6.07 Å².